The lowest BCUT2D eigenvalue weighted by Crippen LogP contribution is -2.42. The maximum absolute atomic E-state index is 11.5. The number of nitrogens with two attached hydrogens (primary N) is 1. The van der Waals surface area contributed by atoms with Crippen molar-refractivity contribution in [3.8, 4) is 0 Å². The zero-order valence-corrected chi connectivity index (χ0v) is 10.5. The van der Waals surface area contributed by atoms with Crippen LogP contribution in [0.5, 0.6) is 0 Å². The van der Waals surface area contributed by atoms with E-state index in [-0.39, 0.29) is 11.9 Å². The molecule has 0 rings (SSSR count). The van der Waals surface area contributed by atoms with E-state index >= 15 is 0 Å². The van der Waals surface area contributed by atoms with Crippen LogP contribution in [0.4, 0.5) is 0 Å². The summed E-state index contributed by atoms with van der Waals surface area (Å²) >= 11 is 0. The topological polar surface area (TPSA) is 55.1 Å². The van der Waals surface area contributed by atoms with Gasteiger partial charge in [-0.05, 0) is 18.3 Å². The van der Waals surface area contributed by atoms with Crippen LogP contribution in [0.2, 0.25) is 0 Å². The Labute approximate surface area is 93.8 Å². The highest BCUT2D eigenvalue weighted by atomic mass is 16.2. The number of nitrogens with one attached hydrogen (secondary N) is 1. The second-order valence-corrected chi connectivity index (χ2v) is 4.72. The molecule has 0 aromatic heterocycles. The predicted molar refractivity (Wildman–Crippen MR) is 64.5 cm³/mol. The van der Waals surface area contributed by atoms with Crippen molar-refractivity contribution in [2.24, 2.45) is 17.6 Å². The van der Waals surface area contributed by atoms with Crippen molar-refractivity contribution in [3.63, 3.8) is 0 Å². The number of rotatable bonds is 7. The molecular formula is C12H26N2O. The van der Waals surface area contributed by atoms with Crippen molar-refractivity contribution < 1.29 is 4.79 Å². The Balaban J connectivity index is 3.73. The molecule has 15 heavy (non-hydrogen) atoms. The molecule has 2 unspecified atom stereocenters. The first kappa shape index (κ1) is 14.4. The number of amides is 1. The fourth-order valence-electron chi connectivity index (χ4n) is 1.18. The highest BCUT2D eigenvalue weighted by Gasteiger charge is 2.14. The Kier molecular flexibility index (Phi) is 7.39. The van der Waals surface area contributed by atoms with Crippen molar-refractivity contribution in [3.05, 3.63) is 0 Å². The minimum atomic E-state index is -0.329. The average molecular weight is 214 g/mol. The smallest absolute Gasteiger partial charge is 0.236 e. The van der Waals surface area contributed by atoms with E-state index in [4.69, 9.17) is 5.73 Å². The summed E-state index contributed by atoms with van der Waals surface area (Å²) in [5, 5.41) is 2.91. The Bertz CT molecular complexity index is 180. The third-order valence-electron chi connectivity index (χ3n) is 2.94. The highest BCUT2D eigenvalue weighted by molar-refractivity contribution is 5.81. The number of carbonyl (C=O) groups excluding carboxylic acids is 1. The minimum Gasteiger partial charge on any atom is -0.354 e. The minimum absolute atomic E-state index is 0.00375. The van der Waals surface area contributed by atoms with Crippen molar-refractivity contribution in [2.45, 2.75) is 53.0 Å². The standard InChI is InChI=1S/C12H26N2O/c1-5-6-7-11(13)12(15)14-8-10(4)9(2)3/h9-11H,5-8,13H2,1-4H3,(H,14,15). The summed E-state index contributed by atoms with van der Waals surface area (Å²) in [6, 6.07) is -0.329. The molecule has 90 valence electrons. The van der Waals surface area contributed by atoms with Crippen LogP contribution in [0.25, 0.3) is 0 Å². The zero-order chi connectivity index (χ0) is 11.8. The van der Waals surface area contributed by atoms with E-state index in [0.717, 1.165) is 25.8 Å². The average Bonchev–Trinajstić information content (AvgIpc) is 2.21. The van der Waals surface area contributed by atoms with Crippen LogP contribution < -0.4 is 11.1 Å². The largest absolute Gasteiger partial charge is 0.354 e. The summed E-state index contributed by atoms with van der Waals surface area (Å²) in [5.74, 6) is 1.10. The van der Waals surface area contributed by atoms with Crippen LogP contribution in [0.1, 0.15) is 47.0 Å². The van der Waals surface area contributed by atoms with Gasteiger partial charge in [-0.2, -0.15) is 0 Å². The van der Waals surface area contributed by atoms with Crippen molar-refractivity contribution in [1.82, 2.24) is 5.32 Å². The molecule has 0 aromatic rings. The van der Waals surface area contributed by atoms with Gasteiger partial charge in [-0.25, -0.2) is 0 Å². The van der Waals surface area contributed by atoms with E-state index < -0.39 is 0 Å². The maximum Gasteiger partial charge on any atom is 0.236 e. The normalized spacial score (nSPS) is 15.1. The Hall–Kier alpha value is -0.570. The second kappa shape index (κ2) is 7.69. The van der Waals surface area contributed by atoms with Crippen LogP contribution >= 0.6 is 0 Å². The zero-order valence-electron chi connectivity index (χ0n) is 10.5. The SMILES string of the molecule is CCCCC(N)C(=O)NCC(C)C(C)C. The molecule has 0 aliphatic carbocycles. The summed E-state index contributed by atoms with van der Waals surface area (Å²) < 4.78 is 0. The lowest BCUT2D eigenvalue weighted by atomic mass is 9.98. The van der Waals surface area contributed by atoms with Gasteiger partial charge in [0.25, 0.3) is 0 Å². The third kappa shape index (κ3) is 6.50. The summed E-state index contributed by atoms with van der Waals surface area (Å²) in [7, 11) is 0. The molecule has 0 saturated carbocycles. The van der Waals surface area contributed by atoms with Gasteiger partial charge in [0, 0.05) is 6.54 Å². The first-order valence-electron chi connectivity index (χ1n) is 6.02. The van der Waals surface area contributed by atoms with Crippen LogP contribution in [-0.2, 0) is 4.79 Å². The van der Waals surface area contributed by atoms with Gasteiger partial charge in [0.2, 0.25) is 5.91 Å². The van der Waals surface area contributed by atoms with Crippen molar-refractivity contribution in [2.75, 3.05) is 6.54 Å². The number of hydrogen-bond acceptors (Lipinski definition) is 2. The molecule has 0 fully saturated rings. The fraction of sp³-hybridized carbons (Fsp3) is 0.917. The van der Waals surface area contributed by atoms with Gasteiger partial charge in [0.05, 0.1) is 6.04 Å². The molecule has 0 aliphatic rings. The predicted octanol–water partition coefficient (Wildman–Crippen LogP) is 1.91. The molecule has 0 aliphatic heterocycles. The van der Waals surface area contributed by atoms with Gasteiger partial charge in [-0.1, -0.05) is 40.5 Å². The first-order valence-corrected chi connectivity index (χ1v) is 6.02. The van der Waals surface area contributed by atoms with Gasteiger partial charge in [-0.15, -0.1) is 0 Å². The van der Waals surface area contributed by atoms with Gasteiger partial charge < -0.3 is 11.1 Å². The third-order valence-corrected chi connectivity index (χ3v) is 2.94. The second-order valence-electron chi connectivity index (χ2n) is 4.72. The summed E-state index contributed by atoms with van der Waals surface area (Å²) in [6.07, 6.45) is 2.90. The maximum atomic E-state index is 11.5. The highest BCUT2D eigenvalue weighted by Crippen LogP contribution is 2.07. The van der Waals surface area contributed by atoms with E-state index in [0.29, 0.717) is 11.8 Å². The van der Waals surface area contributed by atoms with E-state index in [9.17, 15) is 4.79 Å². The summed E-state index contributed by atoms with van der Waals surface area (Å²) in [4.78, 5) is 11.5. The monoisotopic (exact) mass is 214 g/mol. The van der Waals surface area contributed by atoms with Gasteiger partial charge in [-0.3, -0.25) is 4.79 Å². The van der Waals surface area contributed by atoms with E-state index in [2.05, 4.69) is 33.0 Å². The Morgan fingerprint density at radius 3 is 2.40 bits per heavy atom. The fourth-order valence-corrected chi connectivity index (χ4v) is 1.18. The molecule has 0 heterocycles. The number of hydrogen-bond donors (Lipinski definition) is 2. The lowest BCUT2D eigenvalue weighted by Gasteiger charge is -2.18. The Morgan fingerprint density at radius 1 is 1.33 bits per heavy atom. The van der Waals surface area contributed by atoms with Crippen molar-refractivity contribution in [1.29, 1.82) is 0 Å². The molecule has 3 heteroatoms. The molecule has 0 bridgehead atoms. The van der Waals surface area contributed by atoms with Crippen LogP contribution in [0, 0.1) is 11.8 Å². The molecular weight excluding hydrogens is 188 g/mol. The summed E-state index contributed by atoms with van der Waals surface area (Å²) in [5.41, 5.74) is 5.75. The molecule has 0 radical (unpaired) electrons. The lowest BCUT2D eigenvalue weighted by molar-refractivity contribution is -0.122. The Morgan fingerprint density at radius 2 is 1.93 bits per heavy atom. The quantitative estimate of drug-likeness (QED) is 0.680. The first-order chi connectivity index (χ1) is 6.99. The summed E-state index contributed by atoms with van der Waals surface area (Å²) in [6.45, 7) is 9.30. The van der Waals surface area contributed by atoms with E-state index in [1.54, 1.807) is 0 Å². The van der Waals surface area contributed by atoms with Gasteiger partial charge in [0.15, 0.2) is 0 Å². The van der Waals surface area contributed by atoms with E-state index in [1.807, 2.05) is 0 Å². The number of unbranched alkanes of at least 4 members (excludes halogenated alkanes) is 1. The molecule has 0 spiro atoms. The van der Waals surface area contributed by atoms with Crippen LogP contribution in [0.15, 0.2) is 0 Å². The molecule has 3 N–H and O–H groups in total. The molecule has 2 atom stereocenters. The molecule has 0 aromatic carbocycles. The van der Waals surface area contributed by atoms with E-state index in [1.165, 1.54) is 0 Å². The molecule has 1 amide bonds. The van der Waals surface area contributed by atoms with Gasteiger partial charge >= 0.3 is 0 Å². The molecule has 0 saturated heterocycles. The van der Waals surface area contributed by atoms with Gasteiger partial charge in [0.1, 0.15) is 0 Å². The van der Waals surface area contributed by atoms with Crippen LogP contribution in [-0.4, -0.2) is 18.5 Å². The molecule has 3 nitrogen and oxygen atoms in total. The van der Waals surface area contributed by atoms with Crippen molar-refractivity contribution >= 4 is 5.91 Å². The van der Waals surface area contributed by atoms with Crippen LogP contribution in [0.3, 0.4) is 0 Å². The number of carbonyl (C=O) groups is 1.